The average molecular weight is 425 g/mol. The molecule has 0 bridgehead atoms. The standard InChI is InChI=1S/C26H48O4/c1-5-9-13-17-23(18-14-10-6-2)29-25(27)21-22-26(28)30-24(19-15-11-7-3)20-16-12-8-4/h21-24H,5-20H2,1-4H3/b22-21-. The van der Waals surface area contributed by atoms with Crippen molar-refractivity contribution in [1.29, 1.82) is 0 Å². The molecule has 0 aliphatic heterocycles. The molecule has 0 heterocycles. The summed E-state index contributed by atoms with van der Waals surface area (Å²) in [5.74, 6) is -0.864. The molecule has 0 amide bonds. The van der Waals surface area contributed by atoms with Crippen molar-refractivity contribution in [2.45, 2.75) is 143 Å². The molecule has 4 nitrogen and oxygen atoms in total. The molecule has 0 aromatic carbocycles. The van der Waals surface area contributed by atoms with Gasteiger partial charge >= 0.3 is 11.9 Å². The smallest absolute Gasteiger partial charge is 0.331 e. The van der Waals surface area contributed by atoms with Crippen LogP contribution in [-0.2, 0) is 19.1 Å². The van der Waals surface area contributed by atoms with Crippen LogP contribution in [0.5, 0.6) is 0 Å². The molecule has 0 saturated heterocycles. The SMILES string of the molecule is CCCCCC(CCCCC)OC(=O)/C=C\C(=O)OC(CCCCC)CCCCC. The van der Waals surface area contributed by atoms with Crippen LogP contribution in [0.15, 0.2) is 12.2 Å². The summed E-state index contributed by atoms with van der Waals surface area (Å²) >= 11 is 0. The van der Waals surface area contributed by atoms with Crippen molar-refractivity contribution < 1.29 is 19.1 Å². The maximum absolute atomic E-state index is 12.2. The van der Waals surface area contributed by atoms with Crippen molar-refractivity contribution >= 4 is 11.9 Å². The molecule has 0 aromatic heterocycles. The topological polar surface area (TPSA) is 52.6 Å². The van der Waals surface area contributed by atoms with Crippen molar-refractivity contribution in [3.8, 4) is 0 Å². The fraction of sp³-hybridized carbons (Fsp3) is 0.846. The Morgan fingerprint density at radius 1 is 0.533 bits per heavy atom. The Morgan fingerprint density at radius 2 is 0.800 bits per heavy atom. The van der Waals surface area contributed by atoms with Crippen molar-refractivity contribution in [1.82, 2.24) is 0 Å². The molecule has 0 spiro atoms. The monoisotopic (exact) mass is 424 g/mol. The van der Waals surface area contributed by atoms with Crippen molar-refractivity contribution in [3.05, 3.63) is 12.2 Å². The number of hydrogen-bond donors (Lipinski definition) is 0. The lowest BCUT2D eigenvalue weighted by Crippen LogP contribution is -2.19. The highest BCUT2D eigenvalue weighted by Gasteiger charge is 2.15. The number of rotatable bonds is 20. The number of unbranched alkanes of at least 4 members (excludes halogenated alkanes) is 8. The van der Waals surface area contributed by atoms with Crippen LogP contribution in [0.25, 0.3) is 0 Å². The van der Waals surface area contributed by atoms with Crippen LogP contribution in [0, 0.1) is 0 Å². The van der Waals surface area contributed by atoms with Gasteiger partial charge in [0.1, 0.15) is 12.2 Å². The van der Waals surface area contributed by atoms with Crippen LogP contribution < -0.4 is 0 Å². The van der Waals surface area contributed by atoms with E-state index in [1.807, 2.05) is 0 Å². The van der Waals surface area contributed by atoms with E-state index in [0.717, 1.165) is 103 Å². The summed E-state index contributed by atoms with van der Waals surface area (Å²) in [5.41, 5.74) is 0. The molecule has 0 fully saturated rings. The molecule has 0 radical (unpaired) electrons. The maximum atomic E-state index is 12.2. The van der Waals surface area contributed by atoms with E-state index in [1.54, 1.807) is 0 Å². The first-order chi connectivity index (χ1) is 14.6. The lowest BCUT2D eigenvalue weighted by Gasteiger charge is -2.17. The van der Waals surface area contributed by atoms with Crippen LogP contribution in [-0.4, -0.2) is 24.1 Å². The Balaban J connectivity index is 4.54. The van der Waals surface area contributed by atoms with E-state index < -0.39 is 11.9 Å². The third kappa shape index (κ3) is 17.5. The third-order valence-corrected chi connectivity index (χ3v) is 5.44. The van der Waals surface area contributed by atoms with Gasteiger partial charge in [-0.3, -0.25) is 0 Å². The largest absolute Gasteiger partial charge is 0.459 e. The number of ether oxygens (including phenoxy) is 2. The Hall–Kier alpha value is -1.32. The summed E-state index contributed by atoms with van der Waals surface area (Å²) in [5, 5.41) is 0. The van der Waals surface area contributed by atoms with Crippen LogP contribution >= 0.6 is 0 Å². The van der Waals surface area contributed by atoms with Gasteiger partial charge < -0.3 is 9.47 Å². The molecule has 0 saturated carbocycles. The number of hydrogen-bond acceptors (Lipinski definition) is 4. The average Bonchev–Trinajstić information content (AvgIpc) is 2.72. The Bertz CT molecular complexity index is 384. The molecular weight excluding hydrogens is 376 g/mol. The lowest BCUT2D eigenvalue weighted by molar-refractivity contribution is -0.146. The van der Waals surface area contributed by atoms with E-state index in [2.05, 4.69) is 27.7 Å². The van der Waals surface area contributed by atoms with Gasteiger partial charge in [0.25, 0.3) is 0 Å². The first-order valence-corrected chi connectivity index (χ1v) is 12.7. The van der Waals surface area contributed by atoms with Crippen molar-refractivity contribution in [3.63, 3.8) is 0 Å². The Morgan fingerprint density at radius 3 is 1.03 bits per heavy atom. The van der Waals surface area contributed by atoms with Crippen LogP contribution in [0.4, 0.5) is 0 Å². The van der Waals surface area contributed by atoms with E-state index in [1.165, 1.54) is 12.2 Å². The van der Waals surface area contributed by atoms with Gasteiger partial charge in [0.2, 0.25) is 0 Å². The number of carbonyl (C=O) groups is 2. The Labute approximate surface area is 186 Å². The first-order valence-electron chi connectivity index (χ1n) is 12.7. The van der Waals surface area contributed by atoms with Crippen LogP contribution in [0.1, 0.15) is 130 Å². The molecule has 176 valence electrons. The zero-order valence-electron chi connectivity index (χ0n) is 20.3. The van der Waals surface area contributed by atoms with Crippen LogP contribution in [0.2, 0.25) is 0 Å². The van der Waals surface area contributed by atoms with Crippen LogP contribution in [0.3, 0.4) is 0 Å². The Kier molecular flexibility index (Phi) is 20.0. The van der Waals surface area contributed by atoms with Gasteiger partial charge in [-0.05, 0) is 51.4 Å². The summed E-state index contributed by atoms with van der Waals surface area (Å²) in [7, 11) is 0. The second kappa shape index (κ2) is 20.9. The molecular formula is C26H48O4. The van der Waals surface area contributed by atoms with Gasteiger partial charge in [-0.1, -0.05) is 79.1 Å². The first kappa shape index (κ1) is 28.7. The molecule has 0 rings (SSSR count). The molecule has 0 aliphatic carbocycles. The summed E-state index contributed by atoms with van der Waals surface area (Å²) in [6.45, 7) is 8.68. The van der Waals surface area contributed by atoms with E-state index in [0.29, 0.717) is 0 Å². The van der Waals surface area contributed by atoms with E-state index in [9.17, 15) is 9.59 Å². The molecule has 0 unspecified atom stereocenters. The predicted octanol–water partition coefficient (Wildman–Crippen LogP) is 7.69. The minimum atomic E-state index is -0.432. The predicted molar refractivity (Wildman–Crippen MR) is 125 cm³/mol. The number of esters is 2. The van der Waals surface area contributed by atoms with Gasteiger partial charge in [-0.2, -0.15) is 0 Å². The summed E-state index contributed by atoms with van der Waals surface area (Å²) in [6, 6.07) is 0. The number of carbonyl (C=O) groups excluding carboxylic acids is 2. The molecule has 0 aromatic rings. The van der Waals surface area contributed by atoms with Gasteiger partial charge in [0.15, 0.2) is 0 Å². The van der Waals surface area contributed by atoms with Crippen molar-refractivity contribution in [2.24, 2.45) is 0 Å². The van der Waals surface area contributed by atoms with Gasteiger partial charge in [-0.15, -0.1) is 0 Å². The normalized spacial score (nSPS) is 11.5. The minimum Gasteiger partial charge on any atom is -0.459 e. The highest BCUT2D eigenvalue weighted by Crippen LogP contribution is 2.16. The van der Waals surface area contributed by atoms with E-state index in [4.69, 9.17) is 9.47 Å². The molecule has 0 N–H and O–H groups in total. The fourth-order valence-corrected chi connectivity index (χ4v) is 3.56. The van der Waals surface area contributed by atoms with Gasteiger partial charge in [0, 0.05) is 12.2 Å². The van der Waals surface area contributed by atoms with Crippen molar-refractivity contribution in [2.75, 3.05) is 0 Å². The van der Waals surface area contributed by atoms with Gasteiger partial charge in [0.05, 0.1) is 0 Å². The fourth-order valence-electron chi connectivity index (χ4n) is 3.56. The second-order valence-electron chi connectivity index (χ2n) is 8.43. The molecule has 0 atom stereocenters. The molecule has 0 aliphatic rings. The highest BCUT2D eigenvalue weighted by atomic mass is 16.5. The molecule has 30 heavy (non-hydrogen) atoms. The summed E-state index contributed by atoms with van der Waals surface area (Å²) in [6.07, 6.45) is 19.5. The third-order valence-electron chi connectivity index (χ3n) is 5.44. The minimum absolute atomic E-state index is 0.0490. The second-order valence-corrected chi connectivity index (χ2v) is 8.43. The zero-order chi connectivity index (χ0) is 22.5. The summed E-state index contributed by atoms with van der Waals surface area (Å²) in [4.78, 5) is 24.4. The quantitative estimate of drug-likeness (QED) is 0.114. The van der Waals surface area contributed by atoms with E-state index in [-0.39, 0.29) is 12.2 Å². The van der Waals surface area contributed by atoms with E-state index >= 15 is 0 Å². The van der Waals surface area contributed by atoms with Gasteiger partial charge in [-0.25, -0.2) is 9.59 Å². The molecule has 4 heteroatoms. The zero-order valence-corrected chi connectivity index (χ0v) is 20.3. The maximum Gasteiger partial charge on any atom is 0.331 e. The highest BCUT2D eigenvalue weighted by molar-refractivity contribution is 5.91. The lowest BCUT2D eigenvalue weighted by atomic mass is 10.0. The summed E-state index contributed by atoms with van der Waals surface area (Å²) < 4.78 is 11.2.